The van der Waals surface area contributed by atoms with E-state index in [1.165, 1.54) is 6.07 Å². The quantitative estimate of drug-likeness (QED) is 0.365. The maximum absolute atomic E-state index is 14.1. The topological polar surface area (TPSA) is 53.4 Å². The van der Waals surface area contributed by atoms with Crippen molar-refractivity contribution in [2.24, 2.45) is 0 Å². The van der Waals surface area contributed by atoms with Crippen molar-refractivity contribution in [3.8, 4) is 17.0 Å². The highest BCUT2D eigenvalue weighted by Gasteiger charge is 2.29. The van der Waals surface area contributed by atoms with E-state index in [2.05, 4.69) is 59.1 Å². The molecule has 0 unspecified atom stereocenters. The van der Waals surface area contributed by atoms with Crippen molar-refractivity contribution in [1.29, 1.82) is 0 Å². The van der Waals surface area contributed by atoms with E-state index in [0.29, 0.717) is 18.8 Å². The molecule has 1 amide bonds. The molecule has 2 aromatic carbocycles. The standard InChI is InChI=1S/C30H36ClFN2O2S/c1-29(2,3)21-14-19(15-22(27(21)36)30(4,5)6)25-17-37-28(33-25)18-10-12-34(13-11-18)26(35)16-20-23(31)8-7-9-24(20)32/h7-9,14-15,17-18,36H,10-13,16H2,1-6H3. The molecule has 4 nitrogen and oxygen atoms in total. The molecule has 0 saturated carbocycles. The minimum atomic E-state index is -0.440. The largest absolute Gasteiger partial charge is 0.507 e. The Morgan fingerprint density at radius 1 is 1.11 bits per heavy atom. The highest BCUT2D eigenvalue weighted by Crippen LogP contribution is 2.42. The normalized spacial score (nSPS) is 15.3. The summed E-state index contributed by atoms with van der Waals surface area (Å²) in [5, 5.41) is 14.5. The number of thiazole rings is 1. The molecule has 1 aliphatic rings. The Balaban J connectivity index is 1.49. The zero-order valence-electron chi connectivity index (χ0n) is 22.5. The Labute approximate surface area is 228 Å². The number of hydrogen-bond donors (Lipinski definition) is 1. The van der Waals surface area contributed by atoms with E-state index in [4.69, 9.17) is 16.6 Å². The lowest BCUT2D eigenvalue weighted by molar-refractivity contribution is -0.131. The van der Waals surface area contributed by atoms with E-state index in [0.717, 1.165) is 40.2 Å². The second kappa shape index (κ2) is 10.4. The van der Waals surface area contributed by atoms with Crippen LogP contribution in [0.1, 0.15) is 82.0 Å². The molecule has 1 fully saturated rings. The molecule has 0 aliphatic carbocycles. The lowest BCUT2D eigenvalue weighted by Gasteiger charge is -2.31. The van der Waals surface area contributed by atoms with Crippen molar-refractivity contribution in [1.82, 2.24) is 9.88 Å². The summed E-state index contributed by atoms with van der Waals surface area (Å²) >= 11 is 7.77. The Kier molecular flexibility index (Phi) is 7.74. The molecule has 198 valence electrons. The second-order valence-corrected chi connectivity index (χ2v) is 13.3. The van der Waals surface area contributed by atoms with Crippen molar-refractivity contribution < 1.29 is 14.3 Å². The number of aromatic hydroxyl groups is 1. The van der Waals surface area contributed by atoms with Gasteiger partial charge in [0.15, 0.2) is 0 Å². The molecule has 0 radical (unpaired) electrons. The smallest absolute Gasteiger partial charge is 0.227 e. The van der Waals surface area contributed by atoms with Gasteiger partial charge in [0.05, 0.1) is 17.1 Å². The molecule has 1 aliphatic heterocycles. The van der Waals surface area contributed by atoms with Crippen LogP contribution < -0.4 is 0 Å². The summed E-state index contributed by atoms with van der Waals surface area (Å²) in [6, 6.07) is 8.63. The van der Waals surface area contributed by atoms with Crippen LogP contribution in [-0.2, 0) is 22.0 Å². The fourth-order valence-electron chi connectivity index (χ4n) is 4.87. The third-order valence-corrected chi connectivity index (χ3v) is 8.49. The number of piperidine rings is 1. The number of phenolic OH excluding ortho intramolecular Hbond substituents is 1. The predicted molar refractivity (Wildman–Crippen MR) is 150 cm³/mol. The van der Waals surface area contributed by atoms with E-state index in [1.54, 1.807) is 28.4 Å². The number of benzene rings is 2. The van der Waals surface area contributed by atoms with Crippen LogP contribution in [0.25, 0.3) is 11.3 Å². The van der Waals surface area contributed by atoms with Gasteiger partial charge in [-0.3, -0.25) is 4.79 Å². The van der Waals surface area contributed by atoms with Crippen molar-refractivity contribution >= 4 is 28.8 Å². The van der Waals surface area contributed by atoms with Crippen molar-refractivity contribution in [2.45, 2.75) is 77.6 Å². The number of phenols is 1. The third-order valence-electron chi connectivity index (χ3n) is 7.13. The molecule has 1 aromatic heterocycles. The van der Waals surface area contributed by atoms with E-state index in [-0.39, 0.29) is 39.7 Å². The van der Waals surface area contributed by atoms with Crippen LogP contribution in [0.2, 0.25) is 5.02 Å². The van der Waals surface area contributed by atoms with Gasteiger partial charge in [-0.1, -0.05) is 59.2 Å². The molecule has 1 N–H and O–H groups in total. The monoisotopic (exact) mass is 542 g/mol. The minimum Gasteiger partial charge on any atom is -0.507 e. The molecule has 2 heterocycles. The molecule has 0 bridgehead atoms. The molecule has 7 heteroatoms. The molecule has 0 spiro atoms. The third kappa shape index (κ3) is 6.01. The van der Waals surface area contributed by atoms with E-state index in [9.17, 15) is 14.3 Å². The molecule has 0 atom stereocenters. The van der Waals surface area contributed by atoms with Gasteiger partial charge in [-0.15, -0.1) is 11.3 Å². The number of likely N-dealkylation sites (tertiary alicyclic amines) is 1. The number of rotatable bonds is 4. The molecule has 1 saturated heterocycles. The fourth-order valence-corrected chi connectivity index (χ4v) is 6.10. The Morgan fingerprint density at radius 3 is 2.24 bits per heavy atom. The Bertz CT molecular complexity index is 1240. The number of amides is 1. The first-order chi connectivity index (χ1) is 17.3. The van der Waals surface area contributed by atoms with Crippen molar-refractivity contribution in [3.05, 3.63) is 68.2 Å². The van der Waals surface area contributed by atoms with Gasteiger partial charge in [-0.2, -0.15) is 0 Å². The maximum Gasteiger partial charge on any atom is 0.227 e. The lowest BCUT2D eigenvalue weighted by Crippen LogP contribution is -2.38. The van der Waals surface area contributed by atoms with Crippen LogP contribution in [0.15, 0.2) is 35.7 Å². The number of hydrogen-bond acceptors (Lipinski definition) is 4. The van der Waals surface area contributed by atoms with E-state index < -0.39 is 5.82 Å². The van der Waals surface area contributed by atoms with Crippen LogP contribution in [-0.4, -0.2) is 34.0 Å². The number of aromatic nitrogens is 1. The van der Waals surface area contributed by atoms with Crippen LogP contribution in [0, 0.1) is 5.82 Å². The molecule has 4 rings (SSSR count). The van der Waals surface area contributed by atoms with E-state index in [1.807, 2.05) is 0 Å². The van der Waals surface area contributed by atoms with Gasteiger partial charge in [0.1, 0.15) is 11.6 Å². The van der Waals surface area contributed by atoms with Gasteiger partial charge in [0.2, 0.25) is 5.91 Å². The maximum atomic E-state index is 14.1. The highest BCUT2D eigenvalue weighted by atomic mass is 35.5. The average Bonchev–Trinajstić information content (AvgIpc) is 3.30. The number of carbonyl (C=O) groups excluding carboxylic acids is 1. The Hall–Kier alpha value is -2.44. The predicted octanol–water partition coefficient (Wildman–Crippen LogP) is 7.85. The SMILES string of the molecule is CC(C)(C)c1cc(-c2csc(C3CCN(C(=O)Cc4c(F)cccc4Cl)CC3)n2)cc(C(C)(C)C)c1O. The fraction of sp³-hybridized carbons (Fsp3) is 0.467. The average molecular weight is 543 g/mol. The van der Waals surface area contributed by atoms with Crippen LogP contribution in [0.5, 0.6) is 5.75 Å². The summed E-state index contributed by atoms with van der Waals surface area (Å²) < 4.78 is 14.1. The molecular formula is C30H36ClFN2O2S. The minimum absolute atomic E-state index is 0.0232. The van der Waals surface area contributed by atoms with E-state index >= 15 is 0 Å². The first kappa shape index (κ1) is 27.6. The zero-order valence-corrected chi connectivity index (χ0v) is 24.1. The van der Waals surface area contributed by atoms with Gasteiger partial charge in [-0.05, 0) is 47.9 Å². The van der Waals surface area contributed by atoms with Crippen LogP contribution in [0.4, 0.5) is 4.39 Å². The highest BCUT2D eigenvalue weighted by molar-refractivity contribution is 7.10. The zero-order chi connectivity index (χ0) is 27.1. The lowest BCUT2D eigenvalue weighted by atomic mass is 9.78. The summed E-state index contributed by atoms with van der Waals surface area (Å²) in [5.41, 5.74) is 3.64. The van der Waals surface area contributed by atoms with Gasteiger partial charge in [0, 0.05) is 51.7 Å². The summed E-state index contributed by atoms with van der Waals surface area (Å²) in [5.74, 6) is 0.109. The molecule has 3 aromatic rings. The first-order valence-corrected chi connectivity index (χ1v) is 14.1. The molecular weight excluding hydrogens is 507 g/mol. The second-order valence-electron chi connectivity index (χ2n) is 12.0. The van der Waals surface area contributed by atoms with Gasteiger partial charge in [-0.25, -0.2) is 9.37 Å². The van der Waals surface area contributed by atoms with Crippen molar-refractivity contribution in [3.63, 3.8) is 0 Å². The van der Waals surface area contributed by atoms with Crippen LogP contribution >= 0.6 is 22.9 Å². The number of nitrogens with zero attached hydrogens (tertiary/aromatic N) is 2. The van der Waals surface area contributed by atoms with Gasteiger partial charge in [0.25, 0.3) is 0 Å². The van der Waals surface area contributed by atoms with Crippen LogP contribution in [0.3, 0.4) is 0 Å². The summed E-state index contributed by atoms with van der Waals surface area (Å²) in [4.78, 5) is 19.6. The Morgan fingerprint density at radius 2 is 1.70 bits per heavy atom. The summed E-state index contributed by atoms with van der Waals surface area (Å²) in [6.45, 7) is 13.9. The summed E-state index contributed by atoms with van der Waals surface area (Å²) in [7, 11) is 0. The first-order valence-electron chi connectivity index (χ1n) is 12.8. The van der Waals surface area contributed by atoms with Crippen molar-refractivity contribution in [2.75, 3.05) is 13.1 Å². The van der Waals surface area contributed by atoms with Gasteiger partial charge < -0.3 is 10.0 Å². The summed E-state index contributed by atoms with van der Waals surface area (Å²) in [6.07, 6.45) is 1.62. The molecule has 37 heavy (non-hydrogen) atoms. The number of carbonyl (C=O) groups is 1. The number of halogens is 2. The van der Waals surface area contributed by atoms with Gasteiger partial charge >= 0.3 is 0 Å².